The predicted molar refractivity (Wildman–Crippen MR) is 188 cm³/mol. The molecule has 0 aliphatic heterocycles. The van der Waals surface area contributed by atoms with Crippen molar-refractivity contribution in [3.05, 3.63) is 119 Å². The molecule has 0 heterocycles. The van der Waals surface area contributed by atoms with E-state index in [1.165, 1.54) is 60.8 Å². The van der Waals surface area contributed by atoms with Crippen molar-refractivity contribution in [2.24, 2.45) is 0 Å². The van der Waals surface area contributed by atoms with Crippen LogP contribution < -0.4 is 10.6 Å². The number of nitrogens with one attached hydrogen (secondary N) is 2. The number of amides is 2. The number of hydrogen-bond donors (Lipinski definition) is 2. The van der Waals surface area contributed by atoms with Crippen molar-refractivity contribution in [1.82, 2.24) is 0 Å². The zero-order valence-corrected chi connectivity index (χ0v) is 27.0. The summed E-state index contributed by atoms with van der Waals surface area (Å²) in [6.07, 6.45) is 12.4. The molecule has 0 atom stereocenters. The maximum atomic E-state index is 12.7. The number of carbonyl (C=O) groups excluding carboxylic acids is 2. The van der Waals surface area contributed by atoms with Crippen molar-refractivity contribution in [3.63, 3.8) is 0 Å². The number of carbonyl (C=O) groups is 2. The van der Waals surface area contributed by atoms with Crippen molar-refractivity contribution >= 4 is 23.2 Å². The van der Waals surface area contributed by atoms with Gasteiger partial charge < -0.3 is 10.6 Å². The molecule has 0 unspecified atom stereocenters. The number of anilines is 2. The van der Waals surface area contributed by atoms with Crippen LogP contribution in [0, 0.1) is 0 Å². The third-order valence-corrected chi connectivity index (χ3v) is 9.17. The molecule has 0 radical (unpaired) electrons. The van der Waals surface area contributed by atoms with E-state index in [9.17, 15) is 9.59 Å². The summed E-state index contributed by atoms with van der Waals surface area (Å²) in [5.74, 6) is 0.147. The maximum Gasteiger partial charge on any atom is 0.224 e. The molecule has 1 aliphatic rings. The monoisotopic (exact) mass is 600 g/mol. The van der Waals surface area contributed by atoms with Crippen LogP contribution in [0.25, 0.3) is 11.1 Å². The third kappa shape index (κ3) is 7.39. The normalized spacial score (nSPS) is 12.8. The molecule has 4 aromatic rings. The summed E-state index contributed by atoms with van der Waals surface area (Å²) in [7, 11) is 0. The van der Waals surface area contributed by atoms with Gasteiger partial charge in [-0.25, -0.2) is 0 Å². The summed E-state index contributed by atoms with van der Waals surface area (Å²) < 4.78 is 0. The molecule has 0 bridgehead atoms. The molecular weight excluding hydrogens is 552 g/mol. The van der Waals surface area contributed by atoms with Crippen molar-refractivity contribution in [2.45, 2.75) is 96.3 Å². The average molecular weight is 601 g/mol. The van der Waals surface area contributed by atoms with E-state index < -0.39 is 5.41 Å². The Labute approximate surface area is 269 Å². The van der Waals surface area contributed by atoms with Crippen LogP contribution in [0.3, 0.4) is 0 Å². The molecule has 2 amide bonds. The summed E-state index contributed by atoms with van der Waals surface area (Å²) in [6, 6.07) is 34.1. The minimum absolute atomic E-state index is 0.0733. The van der Waals surface area contributed by atoms with Gasteiger partial charge in [0.2, 0.25) is 11.8 Å². The Morgan fingerprint density at radius 2 is 0.867 bits per heavy atom. The van der Waals surface area contributed by atoms with Gasteiger partial charge in [0.1, 0.15) is 0 Å². The van der Waals surface area contributed by atoms with Gasteiger partial charge in [-0.3, -0.25) is 9.59 Å². The SMILES string of the molecule is CCCCCCCC(=O)Nc1ccc(C2(c3ccc(NC(=O)CCCCCCC)cc3)c3ccccc3-c3ccccc32)cc1. The molecule has 1 aliphatic carbocycles. The van der Waals surface area contributed by atoms with Crippen molar-refractivity contribution in [2.75, 3.05) is 10.6 Å². The largest absolute Gasteiger partial charge is 0.326 e. The van der Waals surface area contributed by atoms with Gasteiger partial charge in [0.05, 0.1) is 5.41 Å². The van der Waals surface area contributed by atoms with E-state index in [1.807, 2.05) is 24.3 Å². The molecule has 4 aromatic carbocycles. The highest BCUT2D eigenvalue weighted by molar-refractivity contribution is 5.92. The first-order valence-electron chi connectivity index (χ1n) is 17.1. The van der Waals surface area contributed by atoms with Crippen LogP contribution in [0.2, 0.25) is 0 Å². The Balaban J connectivity index is 1.42. The minimum Gasteiger partial charge on any atom is -0.326 e. The van der Waals surface area contributed by atoms with Crippen LogP contribution in [0.1, 0.15) is 113 Å². The van der Waals surface area contributed by atoms with Gasteiger partial charge in [-0.1, -0.05) is 138 Å². The number of unbranched alkanes of at least 4 members (excludes halogenated alkanes) is 8. The second kappa shape index (κ2) is 15.7. The highest BCUT2D eigenvalue weighted by Crippen LogP contribution is 2.56. The summed E-state index contributed by atoms with van der Waals surface area (Å²) in [6.45, 7) is 4.41. The topological polar surface area (TPSA) is 58.2 Å². The van der Waals surface area contributed by atoms with E-state index in [4.69, 9.17) is 0 Å². The molecule has 0 aromatic heterocycles. The van der Waals surface area contributed by atoms with Gasteiger partial charge >= 0.3 is 0 Å². The van der Waals surface area contributed by atoms with Crippen LogP contribution in [0.15, 0.2) is 97.1 Å². The minimum atomic E-state index is -0.531. The first-order valence-corrected chi connectivity index (χ1v) is 17.1. The lowest BCUT2D eigenvalue weighted by atomic mass is 9.67. The molecule has 4 nitrogen and oxygen atoms in total. The molecule has 0 fully saturated rings. The highest BCUT2D eigenvalue weighted by atomic mass is 16.2. The summed E-state index contributed by atoms with van der Waals surface area (Å²) >= 11 is 0. The Morgan fingerprint density at radius 3 is 1.27 bits per heavy atom. The highest BCUT2D eigenvalue weighted by Gasteiger charge is 2.45. The Kier molecular flexibility index (Phi) is 11.2. The van der Waals surface area contributed by atoms with E-state index >= 15 is 0 Å². The molecule has 45 heavy (non-hydrogen) atoms. The van der Waals surface area contributed by atoms with Gasteiger partial charge in [-0.2, -0.15) is 0 Å². The lowest BCUT2D eigenvalue weighted by molar-refractivity contribution is -0.117. The fraction of sp³-hybridized carbons (Fsp3) is 0.366. The number of hydrogen-bond acceptors (Lipinski definition) is 2. The predicted octanol–water partition coefficient (Wildman–Crippen LogP) is 10.6. The van der Waals surface area contributed by atoms with E-state index in [0.717, 1.165) is 48.2 Å². The molecule has 2 N–H and O–H groups in total. The number of fused-ring (bicyclic) bond motifs is 3. The summed E-state index contributed by atoms with van der Waals surface area (Å²) in [5.41, 5.74) is 8.32. The molecule has 0 saturated heterocycles. The van der Waals surface area contributed by atoms with Crippen LogP contribution in [0.4, 0.5) is 11.4 Å². The molecule has 0 spiro atoms. The Morgan fingerprint density at radius 1 is 0.489 bits per heavy atom. The average Bonchev–Trinajstić information content (AvgIpc) is 3.36. The van der Waals surface area contributed by atoms with Gasteiger partial charge in [0.15, 0.2) is 0 Å². The lowest BCUT2D eigenvalue weighted by Crippen LogP contribution is -2.28. The molecule has 234 valence electrons. The van der Waals surface area contributed by atoms with Gasteiger partial charge in [0.25, 0.3) is 0 Å². The van der Waals surface area contributed by atoms with Gasteiger partial charge in [-0.05, 0) is 70.5 Å². The van der Waals surface area contributed by atoms with Crippen LogP contribution in [-0.2, 0) is 15.0 Å². The van der Waals surface area contributed by atoms with Crippen LogP contribution >= 0.6 is 0 Å². The second-order valence-corrected chi connectivity index (χ2v) is 12.4. The standard InChI is InChI=1S/C41H48N2O2/c1-3-5-7-9-11-21-39(44)42-33-27-23-31(24-28-33)41(37-19-15-13-17-35(37)36-18-14-16-20-38(36)41)32-25-29-34(30-26-32)43-40(45)22-12-10-8-6-4-2/h13-20,23-30H,3-12,21-22H2,1-2H3,(H,42,44)(H,43,45). The molecule has 4 heteroatoms. The van der Waals surface area contributed by atoms with Crippen molar-refractivity contribution < 1.29 is 9.59 Å². The number of rotatable bonds is 16. The first kappa shape index (κ1) is 32.2. The molecular formula is C41H48N2O2. The van der Waals surface area contributed by atoms with E-state index in [1.54, 1.807) is 0 Å². The maximum absolute atomic E-state index is 12.7. The number of benzene rings is 4. The fourth-order valence-corrected chi connectivity index (χ4v) is 6.86. The quantitative estimate of drug-likeness (QED) is 0.111. The molecule has 0 saturated carbocycles. The lowest BCUT2D eigenvalue weighted by Gasteiger charge is -2.34. The molecule has 5 rings (SSSR count). The van der Waals surface area contributed by atoms with Gasteiger partial charge in [0, 0.05) is 24.2 Å². The van der Waals surface area contributed by atoms with Crippen LogP contribution in [-0.4, -0.2) is 11.8 Å². The fourth-order valence-electron chi connectivity index (χ4n) is 6.86. The van der Waals surface area contributed by atoms with Gasteiger partial charge in [-0.15, -0.1) is 0 Å². The summed E-state index contributed by atoms with van der Waals surface area (Å²) in [4.78, 5) is 25.3. The first-order chi connectivity index (χ1) is 22.1. The Hall–Kier alpha value is -4.18. The van der Waals surface area contributed by atoms with E-state index in [0.29, 0.717) is 12.8 Å². The van der Waals surface area contributed by atoms with Crippen molar-refractivity contribution in [1.29, 1.82) is 0 Å². The van der Waals surface area contributed by atoms with Crippen LogP contribution in [0.5, 0.6) is 0 Å². The zero-order valence-electron chi connectivity index (χ0n) is 27.0. The van der Waals surface area contributed by atoms with E-state index in [2.05, 4.69) is 97.3 Å². The zero-order chi connectivity index (χ0) is 31.5. The summed E-state index contributed by atoms with van der Waals surface area (Å²) in [5, 5.41) is 6.22. The van der Waals surface area contributed by atoms with E-state index in [-0.39, 0.29) is 11.8 Å². The third-order valence-electron chi connectivity index (χ3n) is 9.17. The van der Waals surface area contributed by atoms with Crippen molar-refractivity contribution in [3.8, 4) is 11.1 Å². The second-order valence-electron chi connectivity index (χ2n) is 12.4. The smallest absolute Gasteiger partial charge is 0.224 e. The Bertz CT molecular complexity index is 1440.